The Morgan fingerprint density at radius 1 is 1.50 bits per heavy atom. The Balaban J connectivity index is 1.89. The molecule has 1 atom stereocenters. The summed E-state index contributed by atoms with van der Waals surface area (Å²) >= 11 is 1.76. The standard InChI is InChI=1S/C14H20N4OS/c1-4-5-12-16-13(18-17-12)14(19)15-9(2)8-11-7-6-10(3)20-11/h6-7,9H,4-5,8H2,1-3H3,(H,15,19)(H,16,17,18). The van der Waals surface area contributed by atoms with Crippen molar-refractivity contribution in [1.82, 2.24) is 20.5 Å². The highest BCUT2D eigenvalue weighted by atomic mass is 32.1. The third-order valence-electron chi connectivity index (χ3n) is 2.90. The SMILES string of the molecule is CCCc1nc(C(=O)NC(C)Cc2ccc(C)s2)n[nH]1. The van der Waals surface area contributed by atoms with E-state index in [1.54, 1.807) is 11.3 Å². The third-order valence-corrected chi connectivity index (χ3v) is 3.93. The van der Waals surface area contributed by atoms with Crippen molar-refractivity contribution in [3.05, 3.63) is 33.5 Å². The molecule has 0 saturated heterocycles. The summed E-state index contributed by atoms with van der Waals surface area (Å²) in [6.45, 7) is 6.14. The third kappa shape index (κ3) is 3.90. The number of nitrogens with zero attached hydrogens (tertiary/aromatic N) is 2. The van der Waals surface area contributed by atoms with E-state index in [0.717, 1.165) is 25.1 Å². The molecule has 2 rings (SSSR count). The van der Waals surface area contributed by atoms with Gasteiger partial charge in [-0.05, 0) is 32.4 Å². The number of H-pyrrole nitrogens is 1. The van der Waals surface area contributed by atoms with Crippen molar-refractivity contribution in [3.8, 4) is 0 Å². The summed E-state index contributed by atoms with van der Waals surface area (Å²) < 4.78 is 0. The molecule has 0 bridgehead atoms. The first-order valence-electron chi connectivity index (χ1n) is 6.86. The minimum atomic E-state index is -0.218. The van der Waals surface area contributed by atoms with E-state index in [9.17, 15) is 4.79 Å². The molecule has 1 unspecified atom stereocenters. The monoisotopic (exact) mass is 292 g/mol. The summed E-state index contributed by atoms with van der Waals surface area (Å²) in [5, 5.41) is 9.68. The number of amides is 1. The van der Waals surface area contributed by atoms with Gasteiger partial charge in [-0.3, -0.25) is 9.89 Å². The van der Waals surface area contributed by atoms with Crippen LogP contribution in [0.1, 0.15) is 46.5 Å². The van der Waals surface area contributed by atoms with Crippen molar-refractivity contribution in [1.29, 1.82) is 0 Å². The van der Waals surface area contributed by atoms with Gasteiger partial charge >= 0.3 is 0 Å². The zero-order valence-corrected chi connectivity index (χ0v) is 12.9. The van der Waals surface area contributed by atoms with Crippen LogP contribution < -0.4 is 5.32 Å². The van der Waals surface area contributed by atoms with Crippen LogP contribution in [-0.4, -0.2) is 27.1 Å². The van der Waals surface area contributed by atoms with E-state index in [-0.39, 0.29) is 17.8 Å². The van der Waals surface area contributed by atoms with E-state index in [4.69, 9.17) is 0 Å². The van der Waals surface area contributed by atoms with E-state index in [0.29, 0.717) is 0 Å². The van der Waals surface area contributed by atoms with Gasteiger partial charge in [-0.25, -0.2) is 4.98 Å². The number of aryl methyl sites for hydroxylation is 2. The fourth-order valence-corrected chi connectivity index (χ4v) is 3.00. The Hall–Kier alpha value is -1.69. The molecule has 2 aromatic rings. The molecule has 0 aliphatic rings. The number of carbonyl (C=O) groups is 1. The molecular formula is C14H20N4OS. The number of aromatic amines is 1. The lowest BCUT2D eigenvalue weighted by Gasteiger charge is -2.11. The number of rotatable bonds is 6. The maximum atomic E-state index is 12.0. The van der Waals surface area contributed by atoms with Gasteiger partial charge in [0.2, 0.25) is 5.82 Å². The number of aromatic nitrogens is 3. The van der Waals surface area contributed by atoms with Gasteiger partial charge in [-0.15, -0.1) is 16.4 Å². The summed E-state index contributed by atoms with van der Waals surface area (Å²) in [6, 6.07) is 4.27. The maximum Gasteiger partial charge on any atom is 0.291 e. The second-order valence-electron chi connectivity index (χ2n) is 4.95. The molecule has 2 N–H and O–H groups in total. The highest BCUT2D eigenvalue weighted by Gasteiger charge is 2.15. The smallest absolute Gasteiger partial charge is 0.291 e. The van der Waals surface area contributed by atoms with Gasteiger partial charge < -0.3 is 5.32 Å². The molecule has 0 radical (unpaired) electrons. The number of nitrogens with one attached hydrogen (secondary N) is 2. The molecule has 2 heterocycles. The van der Waals surface area contributed by atoms with Crippen molar-refractivity contribution >= 4 is 17.2 Å². The van der Waals surface area contributed by atoms with Crippen LogP contribution in [0, 0.1) is 6.92 Å². The van der Waals surface area contributed by atoms with Crippen molar-refractivity contribution in [2.75, 3.05) is 0 Å². The molecule has 5 nitrogen and oxygen atoms in total. The first kappa shape index (κ1) is 14.7. The zero-order valence-electron chi connectivity index (χ0n) is 12.1. The van der Waals surface area contributed by atoms with Crippen LogP contribution in [0.3, 0.4) is 0 Å². The van der Waals surface area contributed by atoms with Gasteiger partial charge in [0.1, 0.15) is 5.82 Å². The van der Waals surface area contributed by atoms with Crippen LogP contribution in [0.2, 0.25) is 0 Å². The Morgan fingerprint density at radius 3 is 2.95 bits per heavy atom. The molecule has 0 aliphatic heterocycles. The molecule has 108 valence electrons. The van der Waals surface area contributed by atoms with Gasteiger partial charge in [-0.2, -0.15) is 0 Å². The van der Waals surface area contributed by atoms with Gasteiger partial charge in [0.15, 0.2) is 0 Å². The molecule has 0 aliphatic carbocycles. The average Bonchev–Trinajstić information content (AvgIpc) is 2.99. The van der Waals surface area contributed by atoms with Gasteiger partial charge in [0.25, 0.3) is 5.91 Å². The first-order valence-corrected chi connectivity index (χ1v) is 7.67. The molecular weight excluding hydrogens is 272 g/mol. The summed E-state index contributed by atoms with van der Waals surface area (Å²) in [7, 11) is 0. The Kier molecular flexibility index (Phi) is 4.89. The largest absolute Gasteiger partial charge is 0.346 e. The lowest BCUT2D eigenvalue weighted by Crippen LogP contribution is -2.34. The van der Waals surface area contributed by atoms with E-state index in [1.165, 1.54) is 9.75 Å². The predicted molar refractivity (Wildman–Crippen MR) is 80.1 cm³/mol. The number of carbonyl (C=O) groups excluding carboxylic acids is 1. The van der Waals surface area contributed by atoms with Crippen LogP contribution in [0.15, 0.2) is 12.1 Å². The quantitative estimate of drug-likeness (QED) is 0.859. The van der Waals surface area contributed by atoms with Crippen molar-refractivity contribution in [2.45, 2.75) is 46.1 Å². The molecule has 0 aromatic carbocycles. The molecule has 20 heavy (non-hydrogen) atoms. The van der Waals surface area contributed by atoms with Gasteiger partial charge in [-0.1, -0.05) is 6.92 Å². The van der Waals surface area contributed by atoms with Gasteiger partial charge in [0.05, 0.1) is 0 Å². The van der Waals surface area contributed by atoms with Crippen LogP contribution >= 0.6 is 11.3 Å². The minimum Gasteiger partial charge on any atom is -0.346 e. The first-order chi connectivity index (χ1) is 9.58. The highest BCUT2D eigenvalue weighted by molar-refractivity contribution is 7.11. The Labute approximate surface area is 122 Å². The van der Waals surface area contributed by atoms with E-state index in [2.05, 4.69) is 46.5 Å². The summed E-state index contributed by atoms with van der Waals surface area (Å²) in [5.74, 6) is 0.770. The predicted octanol–water partition coefficient (Wildman–Crippen LogP) is 2.49. The summed E-state index contributed by atoms with van der Waals surface area (Å²) in [4.78, 5) is 18.8. The Morgan fingerprint density at radius 2 is 2.30 bits per heavy atom. The van der Waals surface area contributed by atoms with Gasteiger partial charge in [0, 0.05) is 28.6 Å². The molecule has 2 aromatic heterocycles. The normalized spacial score (nSPS) is 12.3. The lowest BCUT2D eigenvalue weighted by atomic mass is 10.2. The summed E-state index contributed by atoms with van der Waals surface area (Å²) in [6.07, 6.45) is 2.62. The fraction of sp³-hybridized carbons (Fsp3) is 0.500. The van der Waals surface area contributed by atoms with Crippen molar-refractivity contribution in [2.24, 2.45) is 0 Å². The Bertz CT molecular complexity index is 575. The molecule has 6 heteroatoms. The highest BCUT2D eigenvalue weighted by Crippen LogP contribution is 2.16. The molecule has 0 saturated carbocycles. The summed E-state index contributed by atoms with van der Waals surface area (Å²) in [5.41, 5.74) is 0. The van der Waals surface area contributed by atoms with Crippen LogP contribution in [-0.2, 0) is 12.8 Å². The second-order valence-corrected chi connectivity index (χ2v) is 6.32. The van der Waals surface area contributed by atoms with E-state index >= 15 is 0 Å². The lowest BCUT2D eigenvalue weighted by molar-refractivity contribution is 0.0930. The fourth-order valence-electron chi connectivity index (χ4n) is 1.98. The van der Waals surface area contributed by atoms with Crippen LogP contribution in [0.4, 0.5) is 0 Å². The molecule has 0 fully saturated rings. The van der Waals surface area contributed by atoms with E-state index in [1.807, 2.05) is 6.92 Å². The minimum absolute atomic E-state index is 0.0636. The topological polar surface area (TPSA) is 70.7 Å². The zero-order chi connectivity index (χ0) is 14.5. The molecule has 1 amide bonds. The van der Waals surface area contributed by atoms with Crippen LogP contribution in [0.25, 0.3) is 0 Å². The number of hydrogen-bond acceptors (Lipinski definition) is 4. The van der Waals surface area contributed by atoms with Crippen LogP contribution in [0.5, 0.6) is 0 Å². The average molecular weight is 292 g/mol. The maximum absolute atomic E-state index is 12.0. The number of hydrogen-bond donors (Lipinski definition) is 2. The van der Waals surface area contributed by atoms with E-state index < -0.39 is 0 Å². The van der Waals surface area contributed by atoms with Crippen molar-refractivity contribution in [3.63, 3.8) is 0 Å². The second kappa shape index (κ2) is 6.65. The van der Waals surface area contributed by atoms with Crippen molar-refractivity contribution < 1.29 is 4.79 Å². The number of thiophene rings is 1. The molecule has 0 spiro atoms.